The molecule has 0 radical (unpaired) electrons. The average molecular weight is 383 g/mol. The van der Waals surface area contributed by atoms with Crippen LogP contribution in [0, 0.1) is 12.3 Å². The second-order valence-electron chi connectivity index (χ2n) is 8.70. The molecule has 4 rings (SSSR count). The maximum atomic E-state index is 13.2. The Morgan fingerprint density at radius 2 is 1.89 bits per heavy atom. The van der Waals surface area contributed by atoms with Gasteiger partial charge in [0.2, 0.25) is 0 Å². The average Bonchev–Trinajstić information content (AvgIpc) is 2.52. The molecule has 0 amide bonds. The molecule has 1 saturated heterocycles. The van der Waals surface area contributed by atoms with E-state index >= 15 is 0 Å². The van der Waals surface area contributed by atoms with Crippen LogP contribution < -0.4 is 16.0 Å². The van der Waals surface area contributed by atoms with E-state index in [-0.39, 0.29) is 6.54 Å². The van der Waals surface area contributed by atoms with Gasteiger partial charge in [-0.3, -0.25) is 4.90 Å². The number of alkyl halides is 3. The van der Waals surface area contributed by atoms with Gasteiger partial charge in [0.25, 0.3) is 0 Å². The Morgan fingerprint density at radius 1 is 1.19 bits per heavy atom. The van der Waals surface area contributed by atoms with E-state index in [4.69, 9.17) is 5.73 Å². The van der Waals surface area contributed by atoms with Gasteiger partial charge < -0.3 is 16.0 Å². The number of nitrogens with two attached hydrogens (primary N) is 1. The van der Waals surface area contributed by atoms with Gasteiger partial charge in [-0.05, 0) is 57.2 Å². The number of piperazine rings is 1. The minimum atomic E-state index is -4.23. The second kappa shape index (κ2) is 6.51. The molecule has 0 bridgehead atoms. The number of anilines is 2. The quantitative estimate of drug-likeness (QED) is 0.841. The summed E-state index contributed by atoms with van der Waals surface area (Å²) >= 11 is 0. The van der Waals surface area contributed by atoms with Gasteiger partial charge in [-0.2, -0.15) is 13.2 Å². The number of halogens is 3. The molecule has 3 aliphatic rings. The lowest BCUT2D eigenvalue weighted by molar-refractivity contribution is -0.180. The highest BCUT2D eigenvalue weighted by Gasteiger charge is 2.51. The summed E-state index contributed by atoms with van der Waals surface area (Å²) in [6.07, 6.45) is 0.325. The Kier molecular flexibility index (Phi) is 4.54. The van der Waals surface area contributed by atoms with Crippen LogP contribution in [0.1, 0.15) is 31.4 Å². The van der Waals surface area contributed by atoms with Gasteiger partial charge >= 0.3 is 6.18 Å². The van der Waals surface area contributed by atoms with E-state index in [1.807, 2.05) is 19.1 Å². The number of aryl methyl sites for hydroxylation is 1. The highest BCUT2D eigenvalue weighted by Crippen LogP contribution is 2.55. The Labute approximate surface area is 158 Å². The molecule has 1 atom stereocenters. The first-order valence-corrected chi connectivity index (χ1v) is 9.67. The summed E-state index contributed by atoms with van der Waals surface area (Å²) in [5.74, 6) is 0.621. The maximum Gasteiger partial charge on any atom is 0.405 e. The van der Waals surface area contributed by atoms with E-state index in [0.29, 0.717) is 36.4 Å². The Hall–Kier alpha value is -1.54. The fraction of sp³-hybridized carbons (Fsp3) is 0.737. The second-order valence-corrected chi connectivity index (χ2v) is 8.70. The molecule has 1 unspecified atom stereocenters. The van der Waals surface area contributed by atoms with Gasteiger partial charge in [-0.1, -0.05) is 0 Å². The molecule has 3 N–H and O–H groups in total. The maximum absolute atomic E-state index is 13.2. The molecule has 1 aromatic rings. The predicted molar refractivity (Wildman–Crippen MR) is 99.9 cm³/mol. The number of rotatable bonds is 3. The molecule has 1 aromatic heterocycles. The number of nitrogens with zero attached hydrogens (tertiary/aromatic N) is 3. The number of aromatic nitrogens is 1. The van der Waals surface area contributed by atoms with Crippen molar-refractivity contribution in [1.82, 2.24) is 9.88 Å². The zero-order chi connectivity index (χ0) is 19.4. The molecule has 3 fully saturated rings. The highest BCUT2D eigenvalue weighted by atomic mass is 19.4. The summed E-state index contributed by atoms with van der Waals surface area (Å²) in [5, 5.41) is 3.55. The van der Waals surface area contributed by atoms with Crippen molar-refractivity contribution in [2.24, 2.45) is 11.1 Å². The van der Waals surface area contributed by atoms with Gasteiger partial charge in [0, 0.05) is 31.7 Å². The molecule has 5 nitrogen and oxygen atoms in total. The van der Waals surface area contributed by atoms with E-state index in [2.05, 4.69) is 10.3 Å². The zero-order valence-corrected chi connectivity index (χ0v) is 15.9. The molecule has 1 aliphatic heterocycles. The Morgan fingerprint density at radius 3 is 2.48 bits per heavy atom. The van der Waals surface area contributed by atoms with Crippen LogP contribution in [0.4, 0.5) is 24.7 Å². The summed E-state index contributed by atoms with van der Waals surface area (Å²) in [7, 11) is 1.53. The van der Waals surface area contributed by atoms with Crippen molar-refractivity contribution in [2.45, 2.75) is 56.9 Å². The lowest BCUT2D eigenvalue weighted by atomic mass is 9.52. The number of pyridine rings is 1. The van der Waals surface area contributed by atoms with Gasteiger partial charge in [0.05, 0.1) is 11.4 Å². The first-order chi connectivity index (χ1) is 12.7. The molecule has 27 heavy (non-hydrogen) atoms. The van der Waals surface area contributed by atoms with Gasteiger partial charge in [0.1, 0.15) is 11.9 Å². The first kappa shape index (κ1) is 18.8. The summed E-state index contributed by atoms with van der Waals surface area (Å²) < 4.78 is 39.7. The first-order valence-electron chi connectivity index (χ1n) is 9.67. The van der Waals surface area contributed by atoms with Crippen LogP contribution in [0.15, 0.2) is 12.1 Å². The largest absolute Gasteiger partial charge is 0.405 e. The van der Waals surface area contributed by atoms with E-state index < -0.39 is 12.2 Å². The van der Waals surface area contributed by atoms with E-state index in [0.717, 1.165) is 37.1 Å². The summed E-state index contributed by atoms with van der Waals surface area (Å²) in [5.41, 5.74) is 8.18. The summed E-state index contributed by atoms with van der Waals surface area (Å²) in [6.45, 7) is 2.76. The third-order valence-electron chi connectivity index (χ3n) is 6.53. The third-order valence-corrected chi connectivity index (χ3v) is 6.53. The van der Waals surface area contributed by atoms with Crippen molar-refractivity contribution in [3.8, 4) is 0 Å². The minimum absolute atomic E-state index is 0.0788. The molecule has 2 heterocycles. The van der Waals surface area contributed by atoms with Crippen molar-refractivity contribution in [3.63, 3.8) is 0 Å². The van der Waals surface area contributed by atoms with Crippen LogP contribution in [-0.4, -0.2) is 60.9 Å². The van der Waals surface area contributed by atoms with E-state index in [9.17, 15) is 13.2 Å². The number of nitrogens with one attached hydrogen (secondary N) is 1. The molecular formula is C19H28F3N5. The topological polar surface area (TPSA) is 57.4 Å². The van der Waals surface area contributed by atoms with Crippen LogP contribution >= 0.6 is 0 Å². The lowest BCUT2D eigenvalue weighted by Gasteiger charge is -2.57. The fourth-order valence-corrected chi connectivity index (χ4v) is 5.01. The molecule has 2 saturated carbocycles. The van der Waals surface area contributed by atoms with Crippen molar-refractivity contribution in [1.29, 1.82) is 0 Å². The highest BCUT2D eigenvalue weighted by molar-refractivity contribution is 5.54. The Bertz CT molecular complexity index is 693. The van der Waals surface area contributed by atoms with Crippen molar-refractivity contribution in [3.05, 3.63) is 17.8 Å². The smallest absolute Gasteiger partial charge is 0.381 e. The lowest BCUT2D eigenvalue weighted by Crippen LogP contribution is -2.57. The third kappa shape index (κ3) is 3.61. The molecule has 150 valence electrons. The van der Waals surface area contributed by atoms with Crippen LogP contribution in [0.2, 0.25) is 0 Å². The number of hydrogen-bond acceptors (Lipinski definition) is 5. The molecule has 8 heteroatoms. The minimum Gasteiger partial charge on any atom is -0.381 e. The van der Waals surface area contributed by atoms with Crippen molar-refractivity contribution in [2.75, 3.05) is 36.9 Å². The van der Waals surface area contributed by atoms with Crippen molar-refractivity contribution >= 4 is 11.5 Å². The molecule has 2 aliphatic carbocycles. The summed E-state index contributed by atoms with van der Waals surface area (Å²) in [4.78, 5) is 7.70. The van der Waals surface area contributed by atoms with Crippen LogP contribution in [0.25, 0.3) is 0 Å². The number of hydrogen-bond donors (Lipinski definition) is 2. The van der Waals surface area contributed by atoms with Gasteiger partial charge in [0.15, 0.2) is 0 Å². The number of likely N-dealkylation sites (N-methyl/N-ethyl adjacent to an activating group) is 1. The standard InChI is InChI=1S/C19H28F3N5/c1-12-15(25-14-9-18(10-14)7-13(23)8-18)3-4-17(24-12)27-6-5-26(2)16(11-27)19(20,21)22/h3-4,13-14,16,25H,5-11,23H2,1-2H3. The van der Waals surface area contributed by atoms with Gasteiger partial charge in [-0.15, -0.1) is 0 Å². The zero-order valence-electron chi connectivity index (χ0n) is 15.9. The summed E-state index contributed by atoms with van der Waals surface area (Å²) in [6, 6.07) is 3.16. The normalized spacial score (nSPS) is 34.3. The Balaban J connectivity index is 1.38. The van der Waals surface area contributed by atoms with E-state index in [1.54, 1.807) is 4.90 Å². The fourth-order valence-electron chi connectivity index (χ4n) is 5.01. The molecule has 1 spiro atoms. The van der Waals surface area contributed by atoms with E-state index in [1.165, 1.54) is 11.9 Å². The molecule has 0 aromatic carbocycles. The molecular weight excluding hydrogens is 355 g/mol. The van der Waals surface area contributed by atoms with Crippen LogP contribution in [0.3, 0.4) is 0 Å². The van der Waals surface area contributed by atoms with Crippen molar-refractivity contribution < 1.29 is 13.2 Å². The predicted octanol–water partition coefficient (Wildman–Crippen LogP) is 2.75. The van der Waals surface area contributed by atoms with Crippen LogP contribution in [-0.2, 0) is 0 Å². The van der Waals surface area contributed by atoms with Crippen LogP contribution in [0.5, 0.6) is 0 Å². The SMILES string of the molecule is Cc1nc(N2CCN(C)C(C(F)(F)F)C2)ccc1NC1CC2(CC(N)C2)C1. The monoisotopic (exact) mass is 383 g/mol. The van der Waals surface area contributed by atoms with Gasteiger partial charge in [-0.25, -0.2) is 4.98 Å².